The van der Waals surface area contributed by atoms with Crippen LogP contribution in [0.3, 0.4) is 0 Å². The normalized spacial score (nSPS) is 10.6. The van der Waals surface area contributed by atoms with Crippen molar-refractivity contribution in [2.24, 2.45) is 10.2 Å². The second kappa shape index (κ2) is 5.82. The van der Waals surface area contributed by atoms with Crippen LogP contribution in [0, 0.1) is 0 Å². The summed E-state index contributed by atoms with van der Waals surface area (Å²) in [7, 11) is 3.18. The van der Waals surface area contributed by atoms with Gasteiger partial charge in [0.1, 0.15) is 5.69 Å². The van der Waals surface area contributed by atoms with E-state index in [-0.39, 0.29) is 0 Å². The van der Waals surface area contributed by atoms with Crippen LogP contribution in [0.2, 0.25) is 0 Å². The number of ether oxygens (including phenoxy) is 2. The number of rotatable bonds is 4. The fourth-order valence-corrected chi connectivity index (χ4v) is 1.56. The highest BCUT2D eigenvalue weighted by atomic mass is 16.5. The van der Waals surface area contributed by atoms with Gasteiger partial charge in [0.15, 0.2) is 11.5 Å². The Morgan fingerprint density at radius 3 is 2.22 bits per heavy atom. The standard InChI is InChI=1S/C14H14N2O2/c1-17-13-10-6-9-12(14(13)18-2)16-15-11-7-4-3-5-8-11/h3-10H,1-2H3. The molecule has 0 aliphatic rings. The van der Waals surface area contributed by atoms with Gasteiger partial charge in [-0.15, -0.1) is 5.11 Å². The van der Waals surface area contributed by atoms with Crippen LogP contribution in [0.25, 0.3) is 0 Å². The summed E-state index contributed by atoms with van der Waals surface area (Å²) in [6, 6.07) is 15.0. The summed E-state index contributed by atoms with van der Waals surface area (Å²) >= 11 is 0. The zero-order valence-electron chi connectivity index (χ0n) is 10.3. The van der Waals surface area contributed by atoms with Crippen molar-refractivity contribution in [2.45, 2.75) is 0 Å². The molecule has 4 nitrogen and oxygen atoms in total. The Morgan fingerprint density at radius 2 is 1.56 bits per heavy atom. The molecule has 0 aliphatic carbocycles. The predicted octanol–water partition coefficient (Wildman–Crippen LogP) is 4.12. The lowest BCUT2D eigenvalue weighted by Gasteiger charge is -2.08. The lowest BCUT2D eigenvalue weighted by Crippen LogP contribution is -1.89. The van der Waals surface area contributed by atoms with Crippen molar-refractivity contribution in [1.29, 1.82) is 0 Å². The first-order valence-corrected chi connectivity index (χ1v) is 5.53. The maximum absolute atomic E-state index is 5.28. The molecule has 0 heterocycles. The first-order valence-electron chi connectivity index (χ1n) is 5.53. The molecule has 0 amide bonds. The van der Waals surface area contributed by atoms with Crippen LogP contribution < -0.4 is 9.47 Å². The molecule has 0 saturated carbocycles. The molecule has 0 radical (unpaired) electrons. The first kappa shape index (κ1) is 12.1. The van der Waals surface area contributed by atoms with Crippen molar-refractivity contribution in [3.05, 3.63) is 48.5 Å². The monoisotopic (exact) mass is 242 g/mol. The van der Waals surface area contributed by atoms with Crippen LogP contribution in [0.1, 0.15) is 0 Å². The molecule has 0 aliphatic heterocycles. The molecule has 2 aromatic carbocycles. The minimum atomic E-state index is 0.583. The molecule has 2 rings (SSSR count). The lowest BCUT2D eigenvalue weighted by molar-refractivity contribution is 0.356. The van der Waals surface area contributed by atoms with Crippen LogP contribution in [0.4, 0.5) is 11.4 Å². The van der Waals surface area contributed by atoms with Gasteiger partial charge in [-0.05, 0) is 24.3 Å². The maximum atomic E-state index is 5.28. The van der Waals surface area contributed by atoms with E-state index in [0.717, 1.165) is 5.69 Å². The number of hydrogen-bond donors (Lipinski definition) is 0. The average Bonchev–Trinajstić information content (AvgIpc) is 2.45. The van der Waals surface area contributed by atoms with E-state index < -0.39 is 0 Å². The Morgan fingerprint density at radius 1 is 0.778 bits per heavy atom. The highest BCUT2D eigenvalue weighted by Gasteiger charge is 2.08. The Hall–Kier alpha value is -2.36. The highest BCUT2D eigenvalue weighted by molar-refractivity contribution is 5.59. The SMILES string of the molecule is COc1cccc(N=Nc2ccccc2)c1OC. The van der Waals surface area contributed by atoms with E-state index in [1.54, 1.807) is 14.2 Å². The number of benzene rings is 2. The number of azo groups is 1. The van der Waals surface area contributed by atoms with Crippen molar-refractivity contribution in [1.82, 2.24) is 0 Å². The summed E-state index contributed by atoms with van der Waals surface area (Å²) in [5.74, 6) is 1.22. The van der Waals surface area contributed by atoms with Crippen molar-refractivity contribution in [3.63, 3.8) is 0 Å². The van der Waals surface area contributed by atoms with Crippen LogP contribution >= 0.6 is 0 Å². The molecule has 0 aromatic heterocycles. The van der Waals surface area contributed by atoms with Gasteiger partial charge in [-0.3, -0.25) is 0 Å². The van der Waals surface area contributed by atoms with E-state index in [2.05, 4.69) is 10.2 Å². The Kier molecular flexibility index (Phi) is 3.91. The smallest absolute Gasteiger partial charge is 0.188 e. The van der Waals surface area contributed by atoms with Gasteiger partial charge in [-0.25, -0.2) is 0 Å². The molecule has 92 valence electrons. The summed E-state index contributed by atoms with van der Waals surface area (Å²) in [6.45, 7) is 0. The molecule has 0 unspecified atom stereocenters. The second-order valence-electron chi connectivity index (χ2n) is 3.55. The summed E-state index contributed by atoms with van der Waals surface area (Å²) in [6.07, 6.45) is 0. The van der Waals surface area contributed by atoms with E-state index in [4.69, 9.17) is 9.47 Å². The van der Waals surface area contributed by atoms with Crippen LogP contribution in [-0.2, 0) is 0 Å². The van der Waals surface area contributed by atoms with Crippen molar-refractivity contribution in [3.8, 4) is 11.5 Å². The fraction of sp³-hybridized carbons (Fsp3) is 0.143. The molecule has 18 heavy (non-hydrogen) atoms. The first-order chi connectivity index (χ1) is 8.85. The Labute approximate surface area is 106 Å². The van der Waals surface area contributed by atoms with E-state index in [0.29, 0.717) is 17.2 Å². The Bertz CT molecular complexity index is 539. The largest absolute Gasteiger partial charge is 0.493 e. The van der Waals surface area contributed by atoms with Crippen LogP contribution in [0.5, 0.6) is 11.5 Å². The third-order valence-electron chi connectivity index (χ3n) is 2.41. The minimum Gasteiger partial charge on any atom is -0.493 e. The van der Waals surface area contributed by atoms with E-state index in [9.17, 15) is 0 Å². The molecule has 0 spiro atoms. The van der Waals surface area contributed by atoms with Gasteiger partial charge in [-0.2, -0.15) is 5.11 Å². The topological polar surface area (TPSA) is 43.2 Å². The molecule has 4 heteroatoms. The average molecular weight is 242 g/mol. The number of nitrogens with zero attached hydrogens (tertiary/aromatic N) is 2. The van der Waals surface area contributed by atoms with E-state index in [1.165, 1.54) is 0 Å². The number of hydrogen-bond acceptors (Lipinski definition) is 4. The number of para-hydroxylation sites is 1. The van der Waals surface area contributed by atoms with Crippen LogP contribution in [-0.4, -0.2) is 14.2 Å². The predicted molar refractivity (Wildman–Crippen MR) is 70.2 cm³/mol. The third kappa shape index (κ3) is 2.66. The molecule has 0 N–H and O–H groups in total. The molecule has 0 fully saturated rings. The molecular weight excluding hydrogens is 228 g/mol. The summed E-state index contributed by atoms with van der Waals surface area (Å²) in [4.78, 5) is 0. The van der Waals surface area contributed by atoms with E-state index in [1.807, 2.05) is 48.5 Å². The molecule has 2 aromatic rings. The van der Waals surface area contributed by atoms with Gasteiger partial charge in [0, 0.05) is 0 Å². The zero-order chi connectivity index (χ0) is 12.8. The summed E-state index contributed by atoms with van der Waals surface area (Å²) in [5.41, 5.74) is 1.43. The number of methoxy groups -OCH3 is 2. The van der Waals surface area contributed by atoms with Gasteiger partial charge < -0.3 is 9.47 Å². The quantitative estimate of drug-likeness (QED) is 0.757. The van der Waals surface area contributed by atoms with Crippen molar-refractivity contribution < 1.29 is 9.47 Å². The lowest BCUT2D eigenvalue weighted by atomic mass is 10.3. The highest BCUT2D eigenvalue weighted by Crippen LogP contribution is 2.37. The van der Waals surface area contributed by atoms with E-state index >= 15 is 0 Å². The maximum Gasteiger partial charge on any atom is 0.188 e. The van der Waals surface area contributed by atoms with Gasteiger partial charge in [-0.1, -0.05) is 24.3 Å². The van der Waals surface area contributed by atoms with Crippen molar-refractivity contribution in [2.75, 3.05) is 14.2 Å². The Balaban J connectivity index is 2.32. The van der Waals surface area contributed by atoms with Gasteiger partial charge in [0.25, 0.3) is 0 Å². The molecule has 0 saturated heterocycles. The second-order valence-corrected chi connectivity index (χ2v) is 3.55. The third-order valence-corrected chi connectivity index (χ3v) is 2.41. The molecule has 0 bridgehead atoms. The van der Waals surface area contributed by atoms with Crippen molar-refractivity contribution >= 4 is 11.4 Å². The zero-order valence-corrected chi connectivity index (χ0v) is 10.3. The summed E-state index contributed by atoms with van der Waals surface area (Å²) in [5, 5.41) is 8.33. The van der Waals surface area contributed by atoms with Gasteiger partial charge >= 0.3 is 0 Å². The molecule has 0 atom stereocenters. The minimum absolute atomic E-state index is 0.583. The fourth-order valence-electron chi connectivity index (χ4n) is 1.56. The van der Waals surface area contributed by atoms with Gasteiger partial charge in [0.2, 0.25) is 0 Å². The summed E-state index contributed by atoms with van der Waals surface area (Å²) < 4.78 is 10.5. The van der Waals surface area contributed by atoms with Crippen LogP contribution in [0.15, 0.2) is 58.8 Å². The molecular formula is C14H14N2O2. The van der Waals surface area contributed by atoms with Gasteiger partial charge in [0.05, 0.1) is 19.9 Å².